The van der Waals surface area contributed by atoms with Crippen molar-refractivity contribution in [3.05, 3.63) is 35.4 Å². The van der Waals surface area contributed by atoms with Gasteiger partial charge in [0.05, 0.1) is 10.4 Å². The highest BCUT2D eigenvalue weighted by Crippen LogP contribution is 2.43. The quantitative estimate of drug-likeness (QED) is 0.307. The van der Waals surface area contributed by atoms with Crippen LogP contribution in [0.3, 0.4) is 0 Å². The molecular weight excluding hydrogens is 543 g/mol. The number of aromatic nitrogens is 6. The minimum atomic E-state index is -5.08. The molecule has 0 amide bonds. The number of pyridine rings is 1. The van der Waals surface area contributed by atoms with Gasteiger partial charge in [-0.3, -0.25) is 4.98 Å². The van der Waals surface area contributed by atoms with E-state index in [1.54, 1.807) is 18.6 Å². The van der Waals surface area contributed by atoms with Crippen LogP contribution in [0.5, 0.6) is 0 Å². The number of carboxylic acid groups (broad SMARTS) is 1. The third-order valence-corrected chi connectivity index (χ3v) is 7.99. The van der Waals surface area contributed by atoms with E-state index in [0.717, 1.165) is 69.3 Å². The van der Waals surface area contributed by atoms with Gasteiger partial charge in [-0.1, -0.05) is 24.9 Å². The van der Waals surface area contributed by atoms with Gasteiger partial charge in [-0.25, -0.2) is 24.7 Å². The Balaban J connectivity index is 0.000000374. The molecule has 1 saturated carbocycles. The van der Waals surface area contributed by atoms with Gasteiger partial charge in [-0.2, -0.15) is 13.2 Å². The second-order valence-electron chi connectivity index (χ2n) is 9.16. The highest BCUT2D eigenvalue weighted by molar-refractivity contribution is 7.99. The van der Waals surface area contributed by atoms with Gasteiger partial charge >= 0.3 is 12.1 Å². The number of H-pyrrole nitrogens is 1. The van der Waals surface area contributed by atoms with Gasteiger partial charge < -0.3 is 15.0 Å². The number of nitrogens with zero attached hydrogens (tertiary/aromatic N) is 6. The fourth-order valence-electron chi connectivity index (χ4n) is 5.00. The molecule has 1 saturated heterocycles. The Kier molecular flexibility index (Phi) is 7.32. The molecule has 4 aromatic rings. The summed E-state index contributed by atoms with van der Waals surface area (Å²) >= 11 is 8.26. The zero-order chi connectivity index (χ0) is 27.0. The third-order valence-electron chi connectivity index (χ3n) is 6.75. The largest absolute Gasteiger partial charge is 0.490 e. The van der Waals surface area contributed by atoms with Crippen molar-refractivity contribution >= 4 is 57.3 Å². The molecule has 1 aliphatic heterocycles. The molecule has 14 heteroatoms. The van der Waals surface area contributed by atoms with Crippen molar-refractivity contribution in [3.63, 3.8) is 0 Å². The Hall–Kier alpha value is -3.19. The Labute approximate surface area is 224 Å². The molecule has 6 rings (SSSR count). The van der Waals surface area contributed by atoms with Crippen molar-refractivity contribution in [1.29, 1.82) is 0 Å². The zero-order valence-corrected chi connectivity index (χ0v) is 21.7. The maximum absolute atomic E-state index is 10.6. The van der Waals surface area contributed by atoms with Gasteiger partial charge in [0.25, 0.3) is 0 Å². The number of alkyl halides is 3. The summed E-state index contributed by atoms with van der Waals surface area (Å²) in [5.74, 6) is -0.260. The van der Waals surface area contributed by atoms with Crippen molar-refractivity contribution in [2.45, 2.75) is 48.8 Å². The molecule has 0 spiro atoms. The number of rotatable bonds is 4. The first-order chi connectivity index (χ1) is 18.1. The fraction of sp³-hybridized carbons (Fsp3) is 0.417. The van der Waals surface area contributed by atoms with Crippen LogP contribution >= 0.6 is 23.4 Å². The summed E-state index contributed by atoms with van der Waals surface area (Å²) in [6.07, 6.45) is 4.87. The smallest absolute Gasteiger partial charge is 0.475 e. The summed E-state index contributed by atoms with van der Waals surface area (Å²) in [6.45, 7) is 4.20. The highest BCUT2D eigenvalue weighted by atomic mass is 35.5. The fourth-order valence-corrected chi connectivity index (χ4v) is 6.11. The van der Waals surface area contributed by atoms with Crippen molar-refractivity contribution in [1.82, 2.24) is 29.9 Å². The molecule has 0 bridgehead atoms. The van der Waals surface area contributed by atoms with Crippen LogP contribution in [0.1, 0.15) is 31.9 Å². The van der Waals surface area contributed by atoms with Crippen LogP contribution in [0.2, 0.25) is 5.02 Å². The van der Waals surface area contributed by atoms with Crippen LogP contribution < -0.4 is 4.90 Å². The maximum atomic E-state index is 10.6. The van der Waals surface area contributed by atoms with E-state index in [9.17, 15) is 13.2 Å². The van der Waals surface area contributed by atoms with Crippen molar-refractivity contribution in [2.75, 3.05) is 18.0 Å². The van der Waals surface area contributed by atoms with E-state index in [4.69, 9.17) is 31.5 Å². The van der Waals surface area contributed by atoms with E-state index < -0.39 is 12.1 Å². The maximum Gasteiger partial charge on any atom is 0.490 e. The summed E-state index contributed by atoms with van der Waals surface area (Å²) in [7, 11) is 0. The van der Waals surface area contributed by atoms with E-state index in [1.807, 2.05) is 6.07 Å². The number of carboxylic acids is 1. The molecule has 0 aromatic carbocycles. The third kappa shape index (κ3) is 5.35. The number of fused-ring (bicyclic) bond motifs is 3. The number of aryl methyl sites for hydroxylation is 1. The van der Waals surface area contributed by atoms with Gasteiger partial charge in [0.1, 0.15) is 17.0 Å². The van der Waals surface area contributed by atoms with E-state index in [2.05, 4.69) is 31.8 Å². The zero-order valence-electron chi connectivity index (χ0n) is 20.2. The Morgan fingerprint density at radius 1 is 1.18 bits per heavy atom. The molecule has 2 unspecified atom stereocenters. The van der Waals surface area contributed by atoms with Crippen molar-refractivity contribution < 1.29 is 23.1 Å². The van der Waals surface area contributed by atoms with Gasteiger partial charge in [0.2, 0.25) is 0 Å². The monoisotopic (exact) mass is 565 g/mol. The molecule has 2 fully saturated rings. The number of halogens is 4. The molecule has 38 heavy (non-hydrogen) atoms. The average molecular weight is 566 g/mol. The Bertz CT molecular complexity index is 1490. The van der Waals surface area contributed by atoms with E-state index in [0.29, 0.717) is 10.8 Å². The Morgan fingerprint density at radius 2 is 1.87 bits per heavy atom. The second kappa shape index (κ2) is 10.5. The molecule has 9 nitrogen and oxygen atoms in total. The molecule has 2 N–H and O–H groups in total. The number of hydrogen-bond donors (Lipinski definition) is 2. The van der Waals surface area contributed by atoms with Crippen molar-refractivity contribution in [2.24, 2.45) is 11.8 Å². The molecule has 1 aliphatic carbocycles. The van der Waals surface area contributed by atoms with Crippen LogP contribution in [-0.2, 0) is 11.2 Å². The number of carbonyl (C=O) groups is 1. The lowest BCUT2D eigenvalue weighted by atomic mass is 10.0. The predicted molar refractivity (Wildman–Crippen MR) is 136 cm³/mol. The normalized spacial score (nSPS) is 19.0. The first-order valence-corrected chi connectivity index (χ1v) is 13.2. The van der Waals surface area contributed by atoms with Crippen LogP contribution in [0.25, 0.3) is 22.2 Å². The number of anilines is 1. The number of aromatic amines is 1. The van der Waals surface area contributed by atoms with Crippen LogP contribution in [0.4, 0.5) is 19.0 Å². The van der Waals surface area contributed by atoms with E-state index in [1.165, 1.54) is 31.0 Å². The summed E-state index contributed by atoms with van der Waals surface area (Å²) in [6, 6.07) is 1.98. The number of hydrogen-bond acceptors (Lipinski definition) is 8. The van der Waals surface area contributed by atoms with E-state index >= 15 is 0 Å². The molecule has 4 aromatic heterocycles. The molecule has 200 valence electrons. The lowest BCUT2D eigenvalue weighted by Gasteiger charge is -2.20. The molecular formula is C24H23ClF3N7O2S. The number of nitrogens with one attached hydrogen (secondary N) is 1. The molecule has 5 heterocycles. The van der Waals surface area contributed by atoms with Gasteiger partial charge in [-0.15, -0.1) is 0 Å². The van der Waals surface area contributed by atoms with E-state index in [-0.39, 0.29) is 0 Å². The van der Waals surface area contributed by atoms with Gasteiger partial charge in [0.15, 0.2) is 10.8 Å². The highest BCUT2D eigenvalue weighted by Gasteiger charge is 2.39. The molecule has 2 atom stereocenters. The van der Waals surface area contributed by atoms with Crippen LogP contribution in [0.15, 0.2) is 34.7 Å². The van der Waals surface area contributed by atoms with Gasteiger partial charge in [0, 0.05) is 42.3 Å². The summed E-state index contributed by atoms with van der Waals surface area (Å²) < 4.78 is 31.7. The molecule has 2 aliphatic rings. The van der Waals surface area contributed by atoms with Gasteiger partial charge in [-0.05, 0) is 48.9 Å². The van der Waals surface area contributed by atoms with Crippen LogP contribution in [0, 0.1) is 11.8 Å². The minimum absolute atomic E-state index is 0.635. The Morgan fingerprint density at radius 3 is 2.53 bits per heavy atom. The average Bonchev–Trinajstić information content (AvgIpc) is 3.57. The summed E-state index contributed by atoms with van der Waals surface area (Å²) in [4.78, 5) is 38.5. The SMILES string of the molecule is CCc1[nH]c2nc(Sc3cnc4nccnc4c3)nc(N3CC4CCCC4C3)c2c1Cl.O=C(O)C(F)(F)F. The minimum Gasteiger partial charge on any atom is -0.475 e. The lowest BCUT2D eigenvalue weighted by Crippen LogP contribution is -2.22. The number of aliphatic carboxylic acids is 1. The summed E-state index contributed by atoms with van der Waals surface area (Å²) in [5.41, 5.74) is 3.21. The summed E-state index contributed by atoms with van der Waals surface area (Å²) in [5, 5.41) is 9.51. The lowest BCUT2D eigenvalue weighted by molar-refractivity contribution is -0.192. The molecule has 0 radical (unpaired) electrons. The van der Waals surface area contributed by atoms with Crippen molar-refractivity contribution in [3.8, 4) is 0 Å². The first-order valence-electron chi connectivity index (χ1n) is 12.0. The predicted octanol–water partition coefficient (Wildman–Crippen LogP) is 5.53. The van der Waals surface area contributed by atoms with Crippen LogP contribution in [-0.4, -0.2) is 60.2 Å². The first kappa shape index (κ1) is 26.4. The second-order valence-corrected chi connectivity index (χ2v) is 10.6. The topological polar surface area (TPSA) is 121 Å². The standard InChI is InChI=1S/C22H22ClN7S.C2HF3O2/c1-2-15-18(23)17-20(27-15)28-22(29-21(17)30-10-12-4-3-5-13(12)11-30)31-14-8-16-19(26-9-14)25-7-6-24-16;3-2(4,5)1(6)7/h6-9,12-13H,2-5,10-11H2,1H3,(H,27,28,29);(H,6,7).